The Morgan fingerprint density at radius 2 is 2.29 bits per heavy atom. The minimum atomic E-state index is -0.830. The van der Waals surface area contributed by atoms with Crippen LogP contribution in [0.15, 0.2) is 12.4 Å². The van der Waals surface area contributed by atoms with Gasteiger partial charge in [0.15, 0.2) is 0 Å². The molecular weight excluding hydrogens is 178 g/mol. The Bertz CT molecular complexity index is 281. The van der Waals surface area contributed by atoms with Gasteiger partial charge in [-0.3, -0.25) is 4.68 Å². The summed E-state index contributed by atoms with van der Waals surface area (Å²) >= 11 is 0. The molecule has 1 aromatic heterocycles. The summed E-state index contributed by atoms with van der Waals surface area (Å²) in [5.41, 5.74) is 0.0315. The van der Waals surface area contributed by atoms with Gasteiger partial charge in [-0.25, -0.2) is 0 Å². The summed E-state index contributed by atoms with van der Waals surface area (Å²) in [6, 6.07) is 0. The van der Waals surface area contributed by atoms with Gasteiger partial charge in [-0.05, 0) is 20.4 Å². The van der Waals surface area contributed by atoms with Crippen molar-refractivity contribution >= 4 is 0 Å². The minimum absolute atomic E-state index is 0.554. The third kappa shape index (κ3) is 2.56. The molecule has 2 N–H and O–H groups in total. The Morgan fingerprint density at radius 3 is 2.79 bits per heavy atom. The maximum absolute atomic E-state index is 10.1. The largest absolute Gasteiger partial charge is 0.384 e. The number of nitrogens with one attached hydrogen (secondary N) is 1. The van der Waals surface area contributed by atoms with E-state index in [4.69, 9.17) is 0 Å². The first-order valence-electron chi connectivity index (χ1n) is 5.06. The zero-order valence-electron chi connectivity index (χ0n) is 9.12. The van der Waals surface area contributed by atoms with Crippen LogP contribution in [0.1, 0.15) is 26.3 Å². The molecule has 0 aliphatic heterocycles. The van der Waals surface area contributed by atoms with Gasteiger partial charge in [-0.1, -0.05) is 6.92 Å². The van der Waals surface area contributed by atoms with Gasteiger partial charge in [-0.15, -0.1) is 0 Å². The van der Waals surface area contributed by atoms with Crippen molar-refractivity contribution in [3.8, 4) is 0 Å². The topological polar surface area (TPSA) is 50.1 Å². The van der Waals surface area contributed by atoms with E-state index in [2.05, 4.69) is 10.4 Å². The Balaban J connectivity index is 2.70. The van der Waals surface area contributed by atoms with E-state index in [-0.39, 0.29) is 0 Å². The second-order valence-electron chi connectivity index (χ2n) is 3.64. The third-order valence-corrected chi connectivity index (χ3v) is 2.30. The first kappa shape index (κ1) is 11.2. The fourth-order valence-electron chi connectivity index (χ4n) is 1.29. The first-order chi connectivity index (χ1) is 6.60. The minimum Gasteiger partial charge on any atom is -0.384 e. The van der Waals surface area contributed by atoms with Crippen LogP contribution in [0, 0.1) is 0 Å². The SMILES string of the molecule is CCNCC(C)(O)c1cnn(CC)c1. The van der Waals surface area contributed by atoms with Crippen LogP contribution < -0.4 is 5.32 Å². The molecule has 4 heteroatoms. The highest BCUT2D eigenvalue weighted by Gasteiger charge is 2.23. The van der Waals surface area contributed by atoms with E-state index in [0.29, 0.717) is 6.54 Å². The normalized spacial score (nSPS) is 15.4. The fourth-order valence-corrected chi connectivity index (χ4v) is 1.29. The molecule has 1 heterocycles. The lowest BCUT2D eigenvalue weighted by atomic mass is 10.00. The van der Waals surface area contributed by atoms with Crippen LogP contribution in [0.2, 0.25) is 0 Å². The molecule has 1 unspecified atom stereocenters. The number of hydrogen-bond donors (Lipinski definition) is 2. The van der Waals surface area contributed by atoms with Crippen LogP contribution in [-0.4, -0.2) is 28.0 Å². The molecule has 14 heavy (non-hydrogen) atoms. The van der Waals surface area contributed by atoms with Crippen molar-refractivity contribution in [1.29, 1.82) is 0 Å². The highest BCUT2D eigenvalue weighted by molar-refractivity contribution is 5.14. The van der Waals surface area contributed by atoms with Gasteiger partial charge in [0.2, 0.25) is 0 Å². The maximum atomic E-state index is 10.1. The van der Waals surface area contributed by atoms with Crippen molar-refractivity contribution in [2.24, 2.45) is 0 Å². The quantitative estimate of drug-likeness (QED) is 0.731. The highest BCUT2D eigenvalue weighted by atomic mass is 16.3. The summed E-state index contributed by atoms with van der Waals surface area (Å²) < 4.78 is 1.82. The highest BCUT2D eigenvalue weighted by Crippen LogP contribution is 2.18. The summed E-state index contributed by atoms with van der Waals surface area (Å²) in [6.07, 6.45) is 3.61. The lowest BCUT2D eigenvalue weighted by molar-refractivity contribution is 0.0575. The smallest absolute Gasteiger partial charge is 0.102 e. The van der Waals surface area contributed by atoms with Crippen molar-refractivity contribution in [1.82, 2.24) is 15.1 Å². The Labute approximate surface area is 84.9 Å². The third-order valence-electron chi connectivity index (χ3n) is 2.30. The van der Waals surface area contributed by atoms with Gasteiger partial charge >= 0.3 is 0 Å². The lowest BCUT2D eigenvalue weighted by Crippen LogP contribution is -2.35. The molecular formula is C10H19N3O. The monoisotopic (exact) mass is 197 g/mol. The summed E-state index contributed by atoms with van der Waals surface area (Å²) in [7, 11) is 0. The van der Waals surface area contributed by atoms with Gasteiger partial charge in [0.05, 0.1) is 6.20 Å². The number of nitrogens with zero attached hydrogens (tertiary/aromatic N) is 2. The van der Waals surface area contributed by atoms with Crippen LogP contribution in [0.4, 0.5) is 0 Å². The molecule has 0 aliphatic rings. The molecule has 0 aromatic carbocycles. The first-order valence-corrected chi connectivity index (χ1v) is 5.06. The molecule has 0 saturated heterocycles. The van der Waals surface area contributed by atoms with Gasteiger partial charge in [0, 0.05) is 24.8 Å². The summed E-state index contributed by atoms with van der Waals surface area (Å²) in [6.45, 7) is 8.09. The van der Waals surface area contributed by atoms with E-state index < -0.39 is 5.60 Å². The molecule has 0 bridgehead atoms. The summed E-state index contributed by atoms with van der Waals surface area (Å²) in [4.78, 5) is 0. The molecule has 0 saturated carbocycles. The van der Waals surface area contributed by atoms with Crippen LogP contribution in [0.25, 0.3) is 0 Å². The Morgan fingerprint density at radius 1 is 1.57 bits per heavy atom. The molecule has 1 rings (SSSR count). The molecule has 1 atom stereocenters. The van der Waals surface area contributed by atoms with Crippen molar-refractivity contribution in [2.45, 2.75) is 32.9 Å². The van der Waals surface area contributed by atoms with E-state index in [9.17, 15) is 5.11 Å². The van der Waals surface area contributed by atoms with E-state index in [1.54, 1.807) is 13.1 Å². The average Bonchev–Trinajstić information content (AvgIpc) is 2.63. The van der Waals surface area contributed by atoms with E-state index in [1.165, 1.54) is 0 Å². The van der Waals surface area contributed by atoms with Crippen LogP contribution >= 0.6 is 0 Å². The summed E-state index contributed by atoms with van der Waals surface area (Å²) in [5, 5.41) is 17.4. The Hall–Kier alpha value is -0.870. The maximum Gasteiger partial charge on any atom is 0.102 e. The number of aliphatic hydroxyl groups is 1. The molecule has 4 nitrogen and oxygen atoms in total. The molecule has 0 fully saturated rings. The molecule has 0 amide bonds. The van der Waals surface area contributed by atoms with Gasteiger partial charge in [-0.2, -0.15) is 5.10 Å². The van der Waals surface area contributed by atoms with Crippen molar-refractivity contribution in [3.63, 3.8) is 0 Å². The van der Waals surface area contributed by atoms with Crippen LogP contribution in [0.3, 0.4) is 0 Å². The van der Waals surface area contributed by atoms with Crippen LogP contribution in [-0.2, 0) is 12.1 Å². The standard InChI is InChI=1S/C10H19N3O/c1-4-11-8-10(3,14)9-6-12-13(5-2)7-9/h6-7,11,14H,4-5,8H2,1-3H3. The van der Waals surface area contributed by atoms with Crippen LogP contribution in [0.5, 0.6) is 0 Å². The van der Waals surface area contributed by atoms with E-state index in [0.717, 1.165) is 18.7 Å². The van der Waals surface area contributed by atoms with Crippen molar-refractivity contribution < 1.29 is 5.11 Å². The lowest BCUT2D eigenvalue weighted by Gasteiger charge is -2.21. The zero-order chi connectivity index (χ0) is 10.6. The van der Waals surface area contributed by atoms with Gasteiger partial charge in [0.1, 0.15) is 5.60 Å². The van der Waals surface area contributed by atoms with Crippen molar-refractivity contribution in [3.05, 3.63) is 18.0 Å². The summed E-state index contributed by atoms with van der Waals surface area (Å²) in [5.74, 6) is 0. The predicted molar refractivity (Wildman–Crippen MR) is 56.0 cm³/mol. The van der Waals surface area contributed by atoms with Crippen molar-refractivity contribution in [2.75, 3.05) is 13.1 Å². The number of hydrogen-bond acceptors (Lipinski definition) is 3. The number of aromatic nitrogens is 2. The molecule has 1 aromatic rings. The molecule has 0 aliphatic carbocycles. The molecule has 0 spiro atoms. The van der Waals surface area contributed by atoms with Gasteiger partial charge in [0.25, 0.3) is 0 Å². The Kier molecular flexibility index (Phi) is 3.66. The van der Waals surface area contributed by atoms with E-state index in [1.807, 2.05) is 24.7 Å². The number of rotatable bonds is 5. The number of likely N-dealkylation sites (N-methyl/N-ethyl adjacent to an activating group) is 1. The van der Waals surface area contributed by atoms with Gasteiger partial charge < -0.3 is 10.4 Å². The average molecular weight is 197 g/mol. The second-order valence-corrected chi connectivity index (χ2v) is 3.64. The van der Waals surface area contributed by atoms with E-state index >= 15 is 0 Å². The zero-order valence-corrected chi connectivity index (χ0v) is 9.12. The fraction of sp³-hybridized carbons (Fsp3) is 0.700. The predicted octanol–water partition coefficient (Wildman–Crippen LogP) is 0.720. The molecule has 0 radical (unpaired) electrons. The number of aryl methyl sites for hydroxylation is 1. The molecule has 80 valence electrons. The second kappa shape index (κ2) is 4.57.